The van der Waals surface area contributed by atoms with Gasteiger partial charge in [-0.1, -0.05) is 32.1 Å². The monoisotopic (exact) mass is 322 g/mol. The number of aromatic nitrogens is 3. The van der Waals surface area contributed by atoms with Gasteiger partial charge in [0, 0.05) is 25.2 Å². The van der Waals surface area contributed by atoms with E-state index in [0.29, 0.717) is 17.5 Å². The zero-order valence-corrected chi connectivity index (χ0v) is 14.3. The molecule has 1 aliphatic rings. The number of hydrogen-bond acceptors (Lipinski definition) is 6. The number of ether oxygens (including phenoxy) is 1. The van der Waals surface area contributed by atoms with Crippen LogP contribution in [0.2, 0.25) is 0 Å². The van der Waals surface area contributed by atoms with Gasteiger partial charge in [0.05, 0.1) is 18.9 Å². The largest absolute Gasteiger partial charge is 0.378 e. The van der Waals surface area contributed by atoms with E-state index in [1.165, 1.54) is 15.9 Å². The van der Waals surface area contributed by atoms with Crippen LogP contribution in [0, 0.1) is 12.3 Å². The molecule has 0 unspecified atom stereocenters. The molecule has 1 fully saturated rings. The third-order valence-corrected chi connectivity index (χ3v) is 4.83. The van der Waals surface area contributed by atoms with Crippen LogP contribution in [0.25, 0.3) is 4.96 Å². The highest BCUT2D eigenvalue weighted by Gasteiger charge is 2.33. The van der Waals surface area contributed by atoms with Crippen molar-refractivity contribution < 1.29 is 4.74 Å². The molecule has 2 aromatic heterocycles. The highest BCUT2D eigenvalue weighted by molar-refractivity contribution is 7.16. The molecule has 0 spiro atoms. The van der Waals surface area contributed by atoms with Gasteiger partial charge in [-0.3, -0.25) is 9.69 Å². The summed E-state index contributed by atoms with van der Waals surface area (Å²) in [6, 6.07) is 1.92. The molecule has 0 aliphatic carbocycles. The fourth-order valence-electron chi connectivity index (χ4n) is 2.87. The van der Waals surface area contributed by atoms with Crippen molar-refractivity contribution in [3.63, 3.8) is 0 Å². The lowest BCUT2D eigenvalue weighted by Gasteiger charge is -2.42. The smallest absolute Gasteiger partial charge is 0.275 e. The summed E-state index contributed by atoms with van der Waals surface area (Å²) in [6.07, 6.45) is 0. The Hall–Kier alpha value is -1.31. The molecule has 0 aromatic carbocycles. The zero-order valence-electron chi connectivity index (χ0n) is 13.5. The molecule has 6 nitrogen and oxygen atoms in total. The fraction of sp³-hybridized carbons (Fsp3) is 0.667. The van der Waals surface area contributed by atoms with Crippen molar-refractivity contribution in [3.05, 3.63) is 27.1 Å². The third-order valence-electron chi connectivity index (χ3n) is 4.00. The molecule has 1 aliphatic heterocycles. The van der Waals surface area contributed by atoms with Crippen LogP contribution >= 0.6 is 11.3 Å². The Morgan fingerprint density at radius 3 is 2.95 bits per heavy atom. The van der Waals surface area contributed by atoms with Gasteiger partial charge in [-0.2, -0.15) is 9.61 Å². The molecular weight excluding hydrogens is 300 g/mol. The number of hydrogen-bond donors (Lipinski definition) is 0. The Kier molecular flexibility index (Phi) is 4.05. The summed E-state index contributed by atoms with van der Waals surface area (Å²) < 4.78 is 7.02. The lowest BCUT2D eigenvalue weighted by molar-refractivity contribution is -0.0525. The number of aryl methyl sites for hydroxylation is 1. The highest BCUT2D eigenvalue weighted by atomic mass is 32.1. The topological polar surface area (TPSA) is 59.7 Å². The zero-order chi connectivity index (χ0) is 15.9. The van der Waals surface area contributed by atoms with Crippen LogP contribution in [0.3, 0.4) is 0 Å². The summed E-state index contributed by atoms with van der Waals surface area (Å²) in [6.45, 7) is 11.5. The average Bonchev–Trinajstić information content (AvgIpc) is 2.79. The second-order valence-corrected chi connectivity index (χ2v) is 7.99. The van der Waals surface area contributed by atoms with Crippen molar-refractivity contribution >= 4 is 16.3 Å². The molecule has 3 rings (SSSR count). The second-order valence-electron chi connectivity index (χ2n) is 6.83. The minimum Gasteiger partial charge on any atom is -0.378 e. The van der Waals surface area contributed by atoms with Gasteiger partial charge in [-0.25, -0.2) is 4.98 Å². The van der Waals surface area contributed by atoms with Crippen molar-refractivity contribution in [2.75, 3.05) is 19.8 Å². The second kappa shape index (κ2) is 5.72. The Balaban J connectivity index is 1.89. The van der Waals surface area contributed by atoms with E-state index in [9.17, 15) is 4.79 Å². The Morgan fingerprint density at radius 1 is 1.45 bits per heavy atom. The highest BCUT2D eigenvalue weighted by Crippen LogP contribution is 2.27. The van der Waals surface area contributed by atoms with E-state index < -0.39 is 0 Å². The van der Waals surface area contributed by atoms with Crippen molar-refractivity contribution in [2.24, 2.45) is 5.41 Å². The van der Waals surface area contributed by atoms with Crippen molar-refractivity contribution in [2.45, 2.75) is 40.3 Å². The van der Waals surface area contributed by atoms with Gasteiger partial charge in [-0.05, 0) is 12.3 Å². The van der Waals surface area contributed by atoms with Gasteiger partial charge >= 0.3 is 0 Å². The molecule has 0 amide bonds. The molecule has 0 radical (unpaired) electrons. The Labute approximate surface area is 133 Å². The van der Waals surface area contributed by atoms with Gasteiger partial charge in [0.15, 0.2) is 0 Å². The molecule has 0 bridgehead atoms. The van der Waals surface area contributed by atoms with Gasteiger partial charge in [0.2, 0.25) is 4.96 Å². The summed E-state index contributed by atoms with van der Waals surface area (Å²) in [7, 11) is 0. The maximum atomic E-state index is 12.2. The first-order chi connectivity index (χ1) is 10.3. The Bertz CT molecular complexity index is 731. The molecular formula is C15H22N4O2S. The van der Waals surface area contributed by atoms with Crippen molar-refractivity contribution in [1.29, 1.82) is 0 Å². The number of fused-ring (bicyclic) bond motifs is 1. The van der Waals surface area contributed by atoms with E-state index in [-0.39, 0.29) is 11.0 Å². The molecule has 120 valence electrons. The van der Waals surface area contributed by atoms with E-state index in [0.717, 1.165) is 30.5 Å². The summed E-state index contributed by atoms with van der Waals surface area (Å²) in [5, 5.41) is 5.03. The van der Waals surface area contributed by atoms with Crippen LogP contribution in [0.1, 0.15) is 31.5 Å². The van der Waals surface area contributed by atoms with Crippen LogP contribution < -0.4 is 5.56 Å². The molecule has 0 saturated carbocycles. The van der Waals surface area contributed by atoms with Gasteiger partial charge in [0.1, 0.15) is 5.01 Å². The van der Waals surface area contributed by atoms with Gasteiger partial charge in [0.25, 0.3) is 5.56 Å². The number of nitrogens with zero attached hydrogens (tertiary/aromatic N) is 4. The minimum atomic E-state index is -0.107. The summed E-state index contributed by atoms with van der Waals surface area (Å²) >= 11 is 1.45. The maximum Gasteiger partial charge on any atom is 0.275 e. The fourth-order valence-corrected chi connectivity index (χ4v) is 3.63. The van der Waals surface area contributed by atoms with Crippen LogP contribution in [-0.4, -0.2) is 45.3 Å². The predicted octanol–water partition coefficient (Wildman–Crippen LogP) is 1.71. The lowest BCUT2D eigenvalue weighted by atomic mass is 9.85. The molecule has 1 atom stereocenters. The normalized spacial score (nSPS) is 20.6. The Morgan fingerprint density at radius 2 is 2.23 bits per heavy atom. The molecule has 22 heavy (non-hydrogen) atoms. The van der Waals surface area contributed by atoms with E-state index in [2.05, 4.69) is 35.8 Å². The standard InChI is InChI=1S/C15H22N4O2S/c1-10-17-19-13(20)7-11(16-14(19)22-10)8-18-5-6-21-9-12(18)15(2,3)4/h7,12H,5-6,8-9H2,1-4H3/t12-/m0/s1. The lowest BCUT2D eigenvalue weighted by Crippen LogP contribution is -2.51. The van der Waals surface area contributed by atoms with Crippen LogP contribution in [0.15, 0.2) is 10.9 Å². The van der Waals surface area contributed by atoms with E-state index >= 15 is 0 Å². The van der Waals surface area contributed by atoms with Crippen LogP contribution in [0.4, 0.5) is 0 Å². The van der Waals surface area contributed by atoms with Crippen molar-refractivity contribution in [3.8, 4) is 0 Å². The minimum absolute atomic E-state index is 0.107. The molecule has 0 N–H and O–H groups in total. The third kappa shape index (κ3) is 3.06. The average molecular weight is 322 g/mol. The summed E-state index contributed by atoms with van der Waals surface area (Å²) in [4.78, 5) is 19.8. The van der Waals surface area contributed by atoms with Gasteiger partial charge < -0.3 is 4.74 Å². The summed E-state index contributed by atoms with van der Waals surface area (Å²) in [5.41, 5.74) is 0.829. The molecule has 3 heterocycles. The van der Waals surface area contributed by atoms with Crippen LogP contribution in [-0.2, 0) is 11.3 Å². The van der Waals surface area contributed by atoms with Crippen molar-refractivity contribution in [1.82, 2.24) is 19.5 Å². The molecule has 7 heteroatoms. The van der Waals surface area contributed by atoms with E-state index in [1.807, 2.05) is 6.92 Å². The quantitative estimate of drug-likeness (QED) is 0.842. The SMILES string of the molecule is Cc1nn2c(=O)cc(CN3CCOC[C@H]3C(C)(C)C)nc2s1. The number of rotatable bonds is 2. The first-order valence-corrected chi connectivity index (χ1v) is 8.34. The number of morpholine rings is 1. The molecule has 2 aromatic rings. The van der Waals surface area contributed by atoms with Crippen LogP contribution in [0.5, 0.6) is 0 Å². The van der Waals surface area contributed by atoms with E-state index in [4.69, 9.17) is 4.74 Å². The first kappa shape index (κ1) is 15.6. The predicted molar refractivity (Wildman–Crippen MR) is 86.3 cm³/mol. The first-order valence-electron chi connectivity index (χ1n) is 7.53. The molecule has 1 saturated heterocycles. The van der Waals surface area contributed by atoms with E-state index in [1.54, 1.807) is 6.07 Å². The summed E-state index contributed by atoms with van der Waals surface area (Å²) in [5.74, 6) is 0. The van der Waals surface area contributed by atoms with Gasteiger partial charge in [-0.15, -0.1) is 0 Å². The maximum absolute atomic E-state index is 12.2.